The van der Waals surface area contributed by atoms with E-state index >= 15 is 0 Å². The number of hydrogen-bond acceptors (Lipinski definition) is 3. The summed E-state index contributed by atoms with van der Waals surface area (Å²) in [7, 11) is 0. The van der Waals surface area contributed by atoms with Gasteiger partial charge in [0.1, 0.15) is 5.82 Å². The Hall–Kier alpha value is -1.39. The van der Waals surface area contributed by atoms with Crippen molar-refractivity contribution < 1.29 is 4.39 Å². The molecule has 0 radical (unpaired) electrons. The Morgan fingerprint density at radius 3 is 2.70 bits per heavy atom. The highest BCUT2D eigenvalue weighted by atomic mass is 32.1. The van der Waals surface area contributed by atoms with E-state index in [1.807, 2.05) is 12.1 Å². The van der Waals surface area contributed by atoms with Crippen molar-refractivity contribution in [2.45, 2.75) is 13.3 Å². The summed E-state index contributed by atoms with van der Waals surface area (Å²) in [6.07, 6.45) is 1.06. The van der Waals surface area contributed by atoms with E-state index < -0.39 is 0 Å². The summed E-state index contributed by atoms with van der Waals surface area (Å²) in [5, 5.41) is 5.52. The van der Waals surface area contributed by atoms with E-state index in [9.17, 15) is 4.39 Å². The first-order valence-electron chi connectivity index (χ1n) is 7.04. The largest absolute Gasteiger partial charge is 0.368 e. The second-order valence-electron chi connectivity index (χ2n) is 4.61. The van der Waals surface area contributed by atoms with Gasteiger partial charge in [-0.15, -0.1) is 11.3 Å². The van der Waals surface area contributed by atoms with Crippen molar-refractivity contribution in [3.63, 3.8) is 0 Å². The smallest absolute Gasteiger partial charge is 0.146 e. The molecule has 0 amide bonds. The predicted octanol–water partition coefficient (Wildman–Crippen LogP) is 3.55. The first-order valence-corrected chi connectivity index (χ1v) is 7.91. The van der Waals surface area contributed by atoms with Gasteiger partial charge in [0.2, 0.25) is 0 Å². The van der Waals surface area contributed by atoms with E-state index in [-0.39, 0.29) is 5.82 Å². The highest BCUT2D eigenvalue weighted by Crippen LogP contribution is 2.17. The molecule has 2 rings (SSSR count). The van der Waals surface area contributed by atoms with Gasteiger partial charge in [-0.2, -0.15) is 0 Å². The molecule has 1 heterocycles. The van der Waals surface area contributed by atoms with E-state index in [0.29, 0.717) is 5.69 Å². The van der Waals surface area contributed by atoms with Crippen LogP contribution in [0.25, 0.3) is 0 Å². The van der Waals surface area contributed by atoms with Gasteiger partial charge in [-0.05, 0) is 36.9 Å². The van der Waals surface area contributed by atoms with Gasteiger partial charge in [0.05, 0.1) is 5.69 Å². The fourth-order valence-corrected chi connectivity index (χ4v) is 2.87. The van der Waals surface area contributed by atoms with E-state index in [0.717, 1.165) is 32.6 Å². The van der Waals surface area contributed by atoms with E-state index in [4.69, 9.17) is 0 Å². The summed E-state index contributed by atoms with van der Waals surface area (Å²) in [4.78, 5) is 3.46. The number of benzene rings is 1. The Kier molecular flexibility index (Phi) is 6.02. The first-order chi connectivity index (χ1) is 9.81. The number of hydrogen-bond donors (Lipinski definition) is 1. The molecule has 0 spiro atoms. The molecule has 0 aliphatic rings. The number of halogens is 1. The fourth-order valence-electron chi connectivity index (χ4n) is 2.16. The van der Waals surface area contributed by atoms with Crippen molar-refractivity contribution in [3.05, 3.63) is 52.5 Å². The van der Waals surface area contributed by atoms with E-state index in [1.165, 1.54) is 10.9 Å². The molecule has 0 aliphatic heterocycles. The van der Waals surface area contributed by atoms with Crippen LogP contribution in [0.5, 0.6) is 0 Å². The number of nitrogens with one attached hydrogen (secondary N) is 1. The van der Waals surface area contributed by atoms with E-state index in [1.54, 1.807) is 17.4 Å². The Balaban J connectivity index is 1.73. The fraction of sp³-hybridized carbons (Fsp3) is 0.375. The maximum atomic E-state index is 13.7. The lowest BCUT2D eigenvalue weighted by atomic mass is 10.2. The van der Waals surface area contributed by atoms with Crippen LogP contribution in [-0.4, -0.2) is 26.2 Å². The molecule has 108 valence electrons. The van der Waals surface area contributed by atoms with Crippen molar-refractivity contribution in [3.8, 4) is 0 Å². The molecule has 0 fully saturated rings. The van der Waals surface area contributed by atoms with Gasteiger partial charge >= 0.3 is 0 Å². The molecular weight excluding hydrogens is 271 g/mol. The van der Waals surface area contributed by atoms with Gasteiger partial charge in [0.15, 0.2) is 0 Å². The lowest BCUT2D eigenvalue weighted by molar-refractivity contribution is 0.609. The number of para-hydroxylation sites is 1. The number of anilines is 1. The van der Waals surface area contributed by atoms with Crippen LogP contribution in [0, 0.1) is 5.82 Å². The Labute approximate surface area is 124 Å². The van der Waals surface area contributed by atoms with Crippen molar-refractivity contribution in [2.75, 3.05) is 31.1 Å². The molecule has 0 bridgehead atoms. The summed E-state index contributed by atoms with van der Waals surface area (Å²) in [5.74, 6) is -0.145. The molecule has 2 nitrogen and oxygen atoms in total. The average molecular weight is 292 g/mol. The predicted molar refractivity (Wildman–Crippen MR) is 85.2 cm³/mol. The third kappa shape index (κ3) is 4.32. The van der Waals surface area contributed by atoms with Crippen molar-refractivity contribution >= 4 is 17.0 Å². The van der Waals surface area contributed by atoms with Gasteiger partial charge in [-0.1, -0.05) is 18.2 Å². The molecule has 1 aromatic heterocycles. The average Bonchev–Trinajstić information content (AvgIpc) is 2.97. The lowest BCUT2D eigenvalue weighted by Gasteiger charge is -2.23. The highest BCUT2D eigenvalue weighted by Gasteiger charge is 2.08. The summed E-state index contributed by atoms with van der Waals surface area (Å²) in [5.41, 5.74) is 0.690. The molecule has 0 saturated heterocycles. The molecule has 0 unspecified atom stereocenters. The van der Waals surface area contributed by atoms with Gasteiger partial charge in [0.25, 0.3) is 0 Å². The molecule has 20 heavy (non-hydrogen) atoms. The third-order valence-corrected chi connectivity index (χ3v) is 4.20. The SMILES string of the molecule is CCN(CCNCCc1cccs1)c1ccccc1F. The highest BCUT2D eigenvalue weighted by molar-refractivity contribution is 7.09. The van der Waals surface area contributed by atoms with E-state index in [2.05, 4.69) is 34.7 Å². The maximum Gasteiger partial charge on any atom is 0.146 e. The zero-order chi connectivity index (χ0) is 14.2. The number of thiophene rings is 1. The first kappa shape index (κ1) is 15.0. The van der Waals surface area contributed by atoms with Crippen LogP contribution in [-0.2, 0) is 6.42 Å². The molecule has 1 aromatic carbocycles. The summed E-state index contributed by atoms with van der Waals surface area (Å²) >= 11 is 1.79. The van der Waals surface area contributed by atoms with Gasteiger partial charge in [0, 0.05) is 31.1 Å². The molecule has 1 N–H and O–H groups in total. The Bertz CT molecular complexity index is 499. The van der Waals surface area contributed by atoms with Crippen molar-refractivity contribution in [1.82, 2.24) is 5.32 Å². The third-order valence-electron chi connectivity index (χ3n) is 3.26. The molecule has 0 aliphatic carbocycles. The second kappa shape index (κ2) is 8.02. The van der Waals surface area contributed by atoms with Crippen LogP contribution >= 0.6 is 11.3 Å². The monoisotopic (exact) mass is 292 g/mol. The van der Waals surface area contributed by atoms with Crippen LogP contribution in [0.4, 0.5) is 10.1 Å². The summed E-state index contributed by atoms with van der Waals surface area (Å²) in [6, 6.07) is 11.2. The topological polar surface area (TPSA) is 15.3 Å². The van der Waals surface area contributed by atoms with Crippen molar-refractivity contribution in [1.29, 1.82) is 0 Å². The second-order valence-corrected chi connectivity index (χ2v) is 5.64. The number of likely N-dealkylation sites (N-methyl/N-ethyl adjacent to an activating group) is 1. The molecule has 2 aromatic rings. The van der Waals surface area contributed by atoms with Crippen LogP contribution < -0.4 is 10.2 Å². The normalized spacial score (nSPS) is 10.7. The van der Waals surface area contributed by atoms with Crippen LogP contribution in [0.15, 0.2) is 41.8 Å². The quantitative estimate of drug-likeness (QED) is 0.749. The van der Waals surface area contributed by atoms with Gasteiger partial charge in [-0.25, -0.2) is 4.39 Å². The zero-order valence-electron chi connectivity index (χ0n) is 11.8. The Morgan fingerprint density at radius 1 is 1.15 bits per heavy atom. The molecule has 0 atom stereocenters. The zero-order valence-corrected chi connectivity index (χ0v) is 12.6. The summed E-state index contributed by atoms with van der Waals surface area (Å²) < 4.78 is 13.7. The minimum Gasteiger partial charge on any atom is -0.368 e. The van der Waals surface area contributed by atoms with Crippen LogP contribution in [0.1, 0.15) is 11.8 Å². The minimum atomic E-state index is -0.145. The lowest BCUT2D eigenvalue weighted by Crippen LogP contribution is -2.33. The van der Waals surface area contributed by atoms with Gasteiger partial charge < -0.3 is 10.2 Å². The van der Waals surface area contributed by atoms with Crippen LogP contribution in [0.3, 0.4) is 0 Å². The molecule has 0 saturated carbocycles. The molecular formula is C16H21FN2S. The molecule has 4 heteroatoms. The maximum absolute atomic E-state index is 13.7. The number of nitrogens with zero attached hydrogens (tertiary/aromatic N) is 1. The summed E-state index contributed by atoms with van der Waals surface area (Å²) in [6.45, 7) is 5.52. The number of rotatable bonds is 8. The Morgan fingerprint density at radius 2 is 2.00 bits per heavy atom. The van der Waals surface area contributed by atoms with Gasteiger partial charge in [-0.3, -0.25) is 0 Å². The standard InChI is InChI=1S/C16H21FN2S/c1-2-19(16-8-4-3-7-15(16)17)12-11-18-10-9-14-6-5-13-20-14/h3-8,13,18H,2,9-12H2,1H3. The minimum absolute atomic E-state index is 0.145. The van der Waals surface area contributed by atoms with Crippen LogP contribution in [0.2, 0.25) is 0 Å². The van der Waals surface area contributed by atoms with Crippen molar-refractivity contribution in [2.24, 2.45) is 0 Å².